The molecule has 16 aromatic rings. The SMILES string of the molecule is c1ccc(-c2nc(-c3ccccc3)nc(-n3c4ccc(-c5ccc6c(c5)c5ccc7c8ccccc8n(-c8ccccc8)c7c5n6-c5ccccc5)cc4c4ccc5c(c6ccccc6n5-c5ccccc5)c43)n2)cc1. The molecule has 0 saturated carbocycles. The predicted molar refractivity (Wildman–Crippen MR) is 313 cm³/mol. The Hall–Kier alpha value is -10.4. The van der Waals surface area contributed by atoms with Crippen molar-refractivity contribution in [2.75, 3.05) is 0 Å². The van der Waals surface area contributed by atoms with Gasteiger partial charge in [-0.25, -0.2) is 4.98 Å². The number of nitrogens with zero attached hydrogens (tertiary/aromatic N) is 7. The van der Waals surface area contributed by atoms with Crippen molar-refractivity contribution in [2.45, 2.75) is 0 Å². The van der Waals surface area contributed by atoms with Crippen molar-refractivity contribution in [1.29, 1.82) is 0 Å². The Balaban J connectivity index is 0.984. The lowest BCUT2D eigenvalue weighted by Gasteiger charge is -2.12. The second-order valence-electron chi connectivity index (χ2n) is 19.6. The summed E-state index contributed by atoms with van der Waals surface area (Å²) >= 11 is 0. The molecule has 0 spiro atoms. The molecular formula is C69H43N7. The molecule has 0 saturated heterocycles. The van der Waals surface area contributed by atoms with Crippen LogP contribution in [0, 0.1) is 0 Å². The summed E-state index contributed by atoms with van der Waals surface area (Å²) in [5, 5.41) is 9.34. The van der Waals surface area contributed by atoms with Gasteiger partial charge in [-0.2, -0.15) is 9.97 Å². The highest BCUT2D eigenvalue weighted by Gasteiger charge is 2.25. The minimum Gasteiger partial charge on any atom is -0.309 e. The Labute approximate surface area is 436 Å². The first-order valence-electron chi connectivity index (χ1n) is 25.8. The van der Waals surface area contributed by atoms with Gasteiger partial charge in [0.05, 0.1) is 44.1 Å². The molecule has 0 N–H and O–H groups in total. The number of fused-ring (bicyclic) bond motifs is 14. The molecule has 11 aromatic carbocycles. The molecule has 0 bridgehead atoms. The Morgan fingerprint density at radius 3 is 1.14 bits per heavy atom. The Morgan fingerprint density at radius 2 is 0.605 bits per heavy atom. The molecule has 5 aromatic heterocycles. The van der Waals surface area contributed by atoms with Crippen LogP contribution in [0.4, 0.5) is 0 Å². The van der Waals surface area contributed by atoms with Crippen molar-refractivity contribution >= 4 is 87.2 Å². The number of hydrogen-bond donors (Lipinski definition) is 0. The van der Waals surface area contributed by atoms with Gasteiger partial charge in [0, 0.05) is 71.3 Å². The van der Waals surface area contributed by atoms with Gasteiger partial charge >= 0.3 is 0 Å². The maximum Gasteiger partial charge on any atom is 0.238 e. The zero-order valence-corrected chi connectivity index (χ0v) is 41.0. The van der Waals surface area contributed by atoms with E-state index in [0.29, 0.717) is 17.6 Å². The molecule has 0 aliphatic heterocycles. The van der Waals surface area contributed by atoms with E-state index in [4.69, 9.17) is 15.0 Å². The highest BCUT2D eigenvalue weighted by molar-refractivity contribution is 6.27. The average Bonchev–Trinajstić information content (AvgIpc) is 4.26. The zero-order valence-electron chi connectivity index (χ0n) is 41.0. The maximum absolute atomic E-state index is 5.39. The molecule has 0 aliphatic rings. The van der Waals surface area contributed by atoms with Gasteiger partial charge in [0.25, 0.3) is 0 Å². The summed E-state index contributed by atoms with van der Waals surface area (Å²) in [6, 6.07) is 93.4. The first-order chi connectivity index (χ1) is 37.7. The van der Waals surface area contributed by atoms with Crippen LogP contribution >= 0.6 is 0 Å². The van der Waals surface area contributed by atoms with Gasteiger partial charge < -0.3 is 13.7 Å². The normalized spacial score (nSPS) is 11.9. The Bertz CT molecular complexity index is 4900. The van der Waals surface area contributed by atoms with Gasteiger partial charge in [-0.1, -0.05) is 182 Å². The van der Waals surface area contributed by atoms with Gasteiger partial charge in [-0.3, -0.25) is 4.57 Å². The summed E-state index contributed by atoms with van der Waals surface area (Å²) in [5.41, 5.74) is 16.4. The van der Waals surface area contributed by atoms with Crippen LogP contribution in [0.2, 0.25) is 0 Å². The van der Waals surface area contributed by atoms with Crippen LogP contribution < -0.4 is 0 Å². The number of aromatic nitrogens is 7. The van der Waals surface area contributed by atoms with E-state index in [1.165, 1.54) is 38.1 Å². The van der Waals surface area contributed by atoms with Crippen molar-refractivity contribution in [2.24, 2.45) is 0 Å². The van der Waals surface area contributed by atoms with E-state index in [1.54, 1.807) is 0 Å². The third-order valence-corrected chi connectivity index (χ3v) is 15.4. The largest absolute Gasteiger partial charge is 0.309 e. The molecule has 16 rings (SSSR count). The van der Waals surface area contributed by atoms with E-state index in [1.807, 2.05) is 36.4 Å². The van der Waals surface area contributed by atoms with Crippen molar-refractivity contribution in [3.63, 3.8) is 0 Å². The highest BCUT2D eigenvalue weighted by Crippen LogP contribution is 2.45. The van der Waals surface area contributed by atoms with Crippen molar-refractivity contribution in [1.82, 2.24) is 33.2 Å². The molecule has 354 valence electrons. The van der Waals surface area contributed by atoms with Crippen LogP contribution in [-0.4, -0.2) is 33.2 Å². The Morgan fingerprint density at radius 1 is 0.224 bits per heavy atom. The minimum absolute atomic E-state index is 0.555. The number of para-hydroxylation sites is 5. The van der Waals surface area contributed by atoms with Crippen LogP contribution in [0.1, 0.15) is 0 Å². The van der Waals surface area contributed by atoms with E-state index in [-0.39, 0.29) is 0 Å². The topological polar surface area (TPSA) is 58.4 Å². The van der Waals surface area contributed by atoms with Crippen LogP contribution in [0.5, 0.6) is 0 Å². The summed E-state index contributed by atoms with van der Waals surface area (Å²) in [5.74, 6) is 1.78. The van der Waals surface area contributed by atoms with Gasteiger partial charge in [0.15, 0.2) is 11.6 Å². The summed E-state index contributed by atoms with van der Waals surface area (Å²) < 4.78 is 9.57. The van der Waals surface area contributed by atoms with E-state index < -0.39 is 0 Å². The van der Waals surface area contributed by atoms with Crippen molar-refractivity contribution < 1.29 is 0 Å². The molecule has 0 atom stereocenters. The van der Waals surface area contributed by atoms with Crippen molar-refractivity contribution in [3.05, 3.63) is 261 Å². The van der Waals surface area contributed by atoms with Crippen LogP contribution in [0.25, 0.3) is 144 Å². The zero-order chi connectivity index (χ0) is 49.8. The fourth-order valence-corrected chi connectivity index (χ4v) is 12.1. The number of hydrogen-bond acceptors (Lipinski definition) is 3. The number of benzene rings is 11. The lowest BCUT2D eigenvalue weighted by atomic mass is 10.00. The Kier molecular flexibility index (Phi) is 9.20. The summed E-state index contributed by atoms with van der Waals surface area (Å²) in [4.78, 5) is 15.9. The van der Waals surface area contributed by atoms with Gasteiger partial charge in [0.2, 0.25) is 5.95 Å². The van der Waals surface area contributed by atoms with E-state index in [0.717, 1.165) is 88.4 Å². The monoisotopic (exact) mass is 969 g/mol. The van der Waals surface area contributed by atoms with E-state index in [9.17, 15) is 0 Å². The second-order valence-corrected chi connectivity index (χ2v) is 19.6. The standard InChI is InChI=1S/C69H43N7/c1-6-20-44(21-7-1)67-70-68(45-22-8-2-9-23-45)72-69(71-67)76-61-40-35-47(42-56(61)53-38-41-62-63(64(53)76)55-31-17-19-33-59(55)73(62)48-24-10-3-11-25-48)46-34-39-60-57(43-46)54-37-36-52-51-30-16-18-32-58(51)74(49-26-12-4-13-27-49)65(52)66(54)75(60)50-28-14-5-15-29-50/h1-43H. The summed E-state index contributed by atoms with van der Waals surface area (Å²) in [6.45, 7) is 0. The molecule has 0 unspecified atom stereocenters. The van der Waals surface area contributed by atoms with Gasteiger partial charge in [-0.05, 0) is 90.0 Å². The van der Waals surface area contributed by atoms with Crippen LogP contribution in [-0.2, 0) is 0 Å². The first-order valence-corrected chi connectivity index (χ1v) is 25.8. The number of rotatable bonds is 7. The fraction of sp³-hybridized carbons (Fsp3) is 0. The molecule has 0 aliphatic carbocycles. The maximum atomic E-state index is 5.39. The summed E-state index contributed by atoms with van der Waals surface area (Å²) in [7, 11) is 0. The molecule has 7 nitrogen and oxygen atoms in total. The lowest BCUT2D eigenvalue weighted by molar-refractivity contribution is 0.955. The minimum atomic E-state index is 0.555. The van der Waals surface area contributed by atoms with Crippen molar-refractivity contribution in [3.8, 4) is 56.9 Å². The average molecular weight is 970 g/mol. The second kappa shape index (κ2) is 16.6. The predicted octanol–water partition coefficient (Wildman–Crippen LogP) is 17.3. The molecule has 0 radical (unpaired) electrons. The molecule has 0 fully saturated rings. The first kappa shape index (κ1) is 42.2. The third kappa shape index (κ3) is 6.26. The molecule has 7 heteroatoms. The van der Waals surface area contributed by atoms with Crippen LogP contribution in [0.3, 0.4) is 0 Å². The quantitative estimate of drug-likeness (QED) is 0.160. The molecular weight excluding hydrogens is 927 g/mol. The van der Waals surface area contributed by atoms with E-state index in [2.05, 4.69) is 243 Å². The van der Waals surface area contributed by atoms with E-state index >= 15 is 0 Å². The van der Waals surface area contributed by atoms with Gasteiger partial charge in [0.1, 0.15) is 0 Å². The summed E-state index contributed by atoms with van der Waals surface area (Å²) in [6.07, 6.45) is 0. The fourth-order valence-electron chi connectivity index (χ4n) is 12.1. The van der Waals surface area contributed by atoms with Gasteiger partial charge in [-0.15, -0.1) is 0 Å². The lowest BCUT2D eigenvalue weighted by Crippen LogP contribution is -2.06. The van der Waals surface area contributed by atoms with Crippen LogP contribution in [0.15, 0.2) is 261 Å². The molecule has 0 amide bonds. The molecule has 76 heavy (non-hydrogen) atoms. The highest BCUT2D eigenvalue weighted by atomic mass is 15.2. The molecule has 5 heterocycles. The third-order valence-electron chi connectivity index (χ3n) is 15.4. The smallest absolute Gasteiger partial charge is 0.238 e.